The molecule has 0 aliphatic heterocycles. The molecule has 0 unspecified atom stereocenters. The molecule has 0 fully saturated rings. The van der Waals surface area contributed by atoms with Gasteiger partial charge in [0, 0.05) is 22.0 Å². The highest BCUT2D eigenvalue weighted by Crippen LogP contribution is 2.21. The number of carbonyl (C=O) groups is 1. The summed E-state index contributed by atoms with van der Waals surface area (Å²) in [6, 6.07) is 4.91. The Balaban J connectivity index is 0. The number of hydrazone groups is 1. The molecule has 0 bridgehead atoms. The number of carbonyl (C=O) groups excluding carboxylic acids is 1. The normalized spacial score (nSPS) is 10.2. The number of benzene rings is 1. The maximum atomic E-state index is 11.9. The SMILES string of the molecule is C#CC.C/C=C(\C)C(=O)Nc1cc(Cl)ccc1/C(=N/N)NN.C=CCCl. The van der Waals surface area contributed by atoms with E-state index in [2.05, 4.69) is 34.8 Å². The van der Waals surface area contributed by atoms with E-state index < -0.39 is 0 Å². The van der Waals surface area contributed by atoms with E-state index in [0.717, 1.165) is 0 Å². The molecule has 26 heavy (non-hydrogen) atoms. The molecule has 0 aliphatic rings. The molecule has 1 rings (SSSR count). The van der Waals surface area contributed by atoms with Gasteiger partial charge in [-0.2, -0.15) is 5.10 Å². The molecule has 0 radical (unpaired) electrons. The molecule has 1 amide bonds. The summed E-state index contributed by atoms with van der Waals surface area (Å²) in [5, 5.41) is 6.72. The van der Waals surface area contributed by atoms with Gasteiger partial charge in [0.2, 0.25) is 0 Å². The van der Waals surface area contributed by atoms with Gasteiger partial charge in [-0.05, 0) is 39.0 Å². The van der Waals surface area contributed by atoms with Crippen LogP contribution in [-0.2, 0) is 4.79 Å². The Labute approximate surface area is 165 Å². The lowest BCUT2D eigenvalue weighted by Crippen LogP contribution is -2.33. The van der Waals surface area contributed by atoms with Crippen LogP contribution in [0.4, 0.5) is 5.69 Å². The monoisotopic (exact) mass is 397 g/mol. The van der Waals surface area contributed by atoms with Gasteiger partial charge in [-0.1, -0.05) is 23.8 Å². The molecule has 0 aliphatic carbocycles. The van der Waals surface area contributed by atoms with Gasteiger partial charge in [0.05, 0.1) is 5.69 Å². The highest BCUT2D eigenvalue weighted by Gasteiger charge is 2.12. The summed E-state index contributed by atoms with van der Waals surface area (Å²) in [5.74, 6) is 13.4. The van der Waals surface area contributed by atoms with Crippen molar-refractivity contribution in [3.05, 3.63) is 53.1 Å². The lowest BCUT2D eigenvalue weighted by atomic mass is 10.1. The summed E-state index contributed by atoms with van der Waals surface area (Å²) in [5.41, 5.74) is 3.96. The minimum Gasteiger partial charge on any atom is -0.322 e. The molecule has 6 nitrogen and oxygen atoms in total. The van der Waals surface area contributed by atoms with Crippen molar-refractivity contribution in [3.8, 4) is 12.3 Å². The second-order valence-corrected chi connectivity index (χ2v) is 5.21. The molecule has 0 saturated heterocycles. The standard InChI is InChI=1S/C12H16ClN5O.C3H5Cl.C3H4/c1-3-7(2)12(19)16-10-6-8(13)4-5-9(10)11(17-14)18-15;1-2-3-4;1-3-2/h3-6H,14-15H2,1-2H3,(H,16,19)(H,17,18);2H,1,3H2;1H,2H3/b7-3+;;. The van der Waals surface area contributed by atoms with Crippen molar-refractivity contribution < 1.29 is 4.79 Å². The van der Waals surface area contributed by atoms with Crippen molar-refractivity contribution >= 4 is 40.6 Å². The Kier molecular flexibility index (Phi) is 15.9. The number of allylic oxidation sites excluding steroid dienone is 2. The third kappa shape index (κ3) is 10.4. The zero-order valence-corrected chi connectivity index (χ0v) is 16.7. The number of amidine groups is 1. The van der Waals surface area contributed by atoms with E-state index in [9.17, 15) is 4.79 Å². The van der Waals surface area contributed by atoms with Gasteiger partial charge in [-0.15, -0.1) is 30.5 Å². The van der Waals surface area contributed by atoms with Crippen molar-refractivity contribution in [1.82, 2.24) is 5.43 Å². The molecular weight excluding hydrogens is 373 g/mol. The zero-order chi connectivity index (χ0) is 20.5. The number of amides is 1. The van der Waals surface area contributed by atoms with Crippen LogP contribution in [0.15, 0.2) is 47.6 Å². The van der Waals surface area contributed by atoms with Gasteiger partial charge in [0.1, 0.15) is 0 Å². The van der Waals surface area contributed by atoms with Gasteiger partial charge in [-0.3, -0.25) is 4.79 Å². The van der Waals surface area contributed by atoms with Crippen LogP contribution in [0.1, 0.15) is 26.3 Å². The first-order valence-electron chi connectivity index (χ1n) is 7.39. The van der Waals surface area contributed by atoms with Gasteiger partial charge < -0.3 is 16.6 Å². The fourth-order valence-electron chi connectivity index (χ4n) is 1.36. The van der Waals surface area contributed by atoms with Crippen LogP contribution in [0, 0.1) is 12.3 Å². The largest absolute Gasteiger partial charge is 0.322 e. The van der Waals surface area contributed by atoms with Crippen molar-refractivity contribution in [2.24, 2.45) is 16.8 Å². The van der Waals surface area contributed by atoms with E-state index in [4.69, 9.17) is 34.9 Å². The summed E-state index contributed by atoms with van der Waals surface area (Å²) >= 11 is 11.0. The lowest BCUT2D eigenvalue weighted by molar-refractivity contribution is -0.112. The van der Waals surface area contributed by atoms with Gasteiger partial charge in [-0.25, -0.2) is 5.84 Å². The topological polar surface area (TPSA) is 106 Å². The molecule has 6 N–H and O–H groups in total. The number of hydrogen-bond acceptors (Lipinski definition) is 4. The summed E-state index contributed by atoms with van der Waals surface area (Å²) in [7, 11) is 0. The number of anilines is 1. The molecule has 1 aromatic rings. The first-order valence-corrected chi connectivity index (χ1v) is 8.30. The van der Waals surface area contributed by atoms with Crippen molar-refractivity contribution in [2.75, 3.05) is 11.2 Å². The van der Waals surface area contributed by atoms with E-state index in [1.54, 1.807) is 51.1 Å². The molecular formula is C18H25Cl2N5O. The number of terminal acetylenes is 1. The zero-order valence-electron chi connectivity index (χ0n) is 15.1. The van der Waals surface area contributed by atoms with Gasteiger partial charge >= 0.3 is 0 Å². The smallest absolute Gasteiger partial charge is 0.250 e. The van der Waals surface area contributed by atoms with E-state index in [-0.39, 0.29) is 11.7 Å². The fourth-order valence-corrected chi connectivity index (χ4v) is 1.54. The maximum absolute atomic E-state index is 11.9. The highest BCUT2D eigenvalue weighted by atomic mass is 35.5. The predicted octanol–water partition coefficient (Wildman–Crippen LogP) is 3.38. The Morgan fingerprint density at radius 2 is 2.04 bits per heavy atom. The van der Waals surface area contributed by atoms with Crippen LogP contribution in [-0.4, -0.2) is 17.6 Å². The maximum Gasteiger partial charge on any atom is 0.250 e. The Bertz CT molecular complexity index is 679. The number of alkyl halides is 1. The first kappa shape index (κ1) is 25.8. The molecule has 0 aromatic heterocycles. The second kappa shape index (κ2) is 16.0. The summed E-state index contributed by atoms with van der Waals surface area (Å²) in [6.45, 7) is 8.49. The van der Waals surface area contributed by atoms with E-state index in [1.165, 1.54) is 0 Å². The fraction of sp³-hybridized carbons (Fsp3) is 0.222. The van der Waals surface area contributed by atoms with Crippen LogP contribution in [0.2, 0.25) is 5.02 Å². The molecule has 0 heterocycles. The average Bonchev–Trinajstić information content (AvgIpc) is 2.64. The molecule has 0 spiro atoms. The lowest BCUT2D eigenvalue weighted by Gasteiger charge is -2.12. The van der Waals surface area contributed by atoms with Crippen molar-refractivity contribution in [1.29, 1.82) is 0 Å². The predicted molar refractivity (Wildman–Crippen MR) is 113 cm³/mol. The summed E-state index contributed by atoms with van der Waals surface area (Å²) < 4.78 is 0. The number of hydrazine groups is 1. The Hall–Kier alpha value is -2.46. The Morgan fingerprint density at radius 3 is 2.42 bits per heavy atom. The van der Waals surface area contributed by atoms with Gasteiger partial charge in [0.25, 0.3) is 5.91 Å². The molecule has 0 atom stereocenters. The number of nitrogens with zero attached hydrogens (tertiary/aromatic N) is 1. The number of hydrogen-bond donors (Lipinski definition) is 4. The summed E-state index contributed by atoms with van der Waals surface area (Å²) in [6.07, 6.45) is 7.94. The molecule has 1 aromatic carbocycles. The molecule has 142 valence electrons. The third-order valence-electron chi connectivity index (χ3n) is 2.65. The number of nitrogens with two attached hydrogens (primary N) is 2. The molecule has 8 heteroatoms. The number of nitrogens with one attached hydrogen (secondary N) is 2. The van der Waals surface area contributed by atoms with Crippen LogP contribution in [0.3, 0.4) is 0 Å². The van der Waals surface area contributed by atoms with Crippen LogP contribution in [0.5, 0.6) is 0 Å². The summed E-state index contributed by atoms with van der Waals surface area (Å²) in [4.78, 5) is 11.9. The molecule has 0 saturated carbocycles. The number of halogens is 2. The highest BCUT2D eigenvalue weighted by molar-refractivity contribution is 6.31. The van der Waals surface area contributed by atoms with Crippen molar-refractivity contribution in [3.63, 3.8) is 0 Å². The van der Waals surface area contributed by atoms with E-state index >= 15 is 0 Å². The third-order valence-corrected chi connectivity index (χ3v) is 3.10. The van der Waals surface area contributed by atoms with Gasteiger partial charge in [0.15, 0.2) is 5.84 Å². The van der Waals surface area contributed by atoms with Crippen LogP contribution < -0.4 is 22.4 Å². The van der Waals surface area contributed by atoms with E-state index in [1.807, 2.05) is 0 Å². The second-order valence-electron chi connectivity index (χ2n) is 4.47. The average molecular weight is 398 g/mol. The van der Waals surface area contributed by atoms with Crippen LogP contribution >= 0.6 is 23.2 Å². The minimum absolute atomic E-state index is 0.237. The van der Waals surface area contributed by atoms with Crippen molar-refractivity contribution in [2.45, 2.75) is 20.8 Å². The van der Waals surface area contributed by atoms with E-state index in [0.29, 0.717) is 27.7 Å². The minimum atomic E-state index is -0.237. The van der Waals surface area contributed by atoms with Crippen LogP contribution in [0.25, 0.3) is 0 Å². The quantitative estimate of drug-likeness (QED) is 0.0912. The Morgan fingerprint density at radius 1 is 1.50 bits per heavy atom. The first-order chi connectivity index (χ1) is 12.4. The number of rotatable bonds is 4.